The summed E-state index contributed by atoms with van der Waals surface area (Å²) in [5.41, 5.74) is 0.819. The number of benzene rings is 1. The fraction of sp³-hybridized carbons (Fsp3) is 0.571. The highest BCUT2D eigenvalue weighted by atomic mass is 19.1. The topological polar surface area (TPSA) is 15.3 Å². The Hall–Kier alpha value is -0.930. The first kappa shape index (κ1) is 11.2. The second-order valence-corrected chi connectivity index (χ2v) is 5.25. The first-order valence-corrected chi connectivity index (χ1v) is 6.53. The molecule has 1 saturated carbocycles. The molecule has 1 unspecified atom stereocenters. The largest absolute Gasteiger partial charge is 0.310 e. The molecule has 1 saturated heterocycles. The Morgan fingerprint density at radius 3 is 2.76 bits per heavy atom. The van der Waals surface area contributed by atoms with E-state index in [1.54, 1.807) is 12.1 Å². The summed E-state index contributed by atoms with van der Waals surface area (Å²) in [6.45, 7) is 2.89. The van der Waals surface area contributed by atoms with Gasteiger partial charge >= 0.3 is 0 Å². The molecule has 3 heteroatoms. The van der Waals surface area contributed by atoms with Gasteiger partial charge in [-0.2, -0.15) is 0 Å². The summed E-state index contributed by atoms with van der Waals surface area (Å²) in [6, 6.07) is 8.49. The van der Waals surface area contributed by atoms with Crippen LogP contribution in [-0.2, 0) is 6.54 Å². The molecular formula is C14H19FN2. The SMILES string of the molecule is Fc1ccccc1CN1CCC(NC2CC2)C1. The van der Waals surface area contributed by atoms with Crippen molar-refractivity contribution in [2.45, 2.75) is 37.9 Å². The molecule has 2 aliphatic rings. The number of halogens is 1. The predicted molar refractivity (Wildman–Crippen MR) is 66.2 cm³/mol. The second-order valence-electron chi connectivity index (χ2n) is 5.25. The van der Waals surface area contributed by atoms with Gasteiger partial charge in [-0.25, -0.2) is 4.39 Å². The van der Waals surface area contributed by atoms with Gasteiger partial charge < -0.3 is 5.32 Å². The average molecular weight is 234 g/mol. The van der Waals surface area contributed by atoms with Crippen LogP contribution >= 0.6 is 0 Å². The lowest BCUT2D eigenvalue weighted by Crippen LogP contribution is -2.33. The minimum Gasteiger partial charge on any atom is -0.310 e. The summed E-state index contributed by atoms with van der Waals surface area (Å²) in [6.07, 6.45) is 3.87. The predicted octanol–water partition coefficient (Wildman–Crippen LogP) is 2.15. The van der Waals surface area contributed by atoms with Crippen LogP contribution in [0.1, 0.15) is 24.8 Å². The van der Waals surface area contributed by atoms with E-state index in [4.69, 9.17) is 0 Å². The number of likely N-dealkylation sites (tertiary alicyclic amines) is 1. The van der Waals surface area contributed by atoms with Gasteiger partial charge in [0.05, 0.1) is 0 Å². The molecule has 1 atom stereocenters. The second kappa shape index (κ2) is 4.75. The zero-order valence-electron chi connectivity index (χ0n) is 10.0. The highest BCUT2D eigenvalue weighted by molar-refractivity contribution is 5.17. The van der Waals surface area contributed by atoms with Crippen LogP contribution in [0.25, 0.3) is 0 Å². The Balaban J connectivity index is 1.54. The lowest BCUT2D eigenvalue weighted by atomic mass is 10.2. The first-order valence-electron chi connectivity index (χ1n) is 6.53. The summed E-state index contributed by atoms with van der Waals surface area (Å²) in [4.78, 5) is 2.35. The van der Waals surface area contributed by atoms with Gasteiger partial charge in [-0.05, 0) is 25.3 Å². The normalized spacial score (nSPS) is 25.4. The molecule has 0 aromatic heterocycles. The highest BCUT2D eigenvalue weighted by Crippen LogP contribution is 2.22. The monoisotopic (exact) mass is 234 g/mol. The summed E-state index contributed by atoms with van der Waals surface area (Å²) in [7, 11) is 0. The van der Waals surface area contributed by atoms with E-state index in [1.807, 2.05) is 12.1 Å². The third-order valence-electron chi connectivity index (χ3n) is 3.67. The summed E-state index contributed by atoms with van der Waals surface area (Å²) in [5, 5.41) is 3.65. The summed E-state index contributed by atoms with van der Waals surface area (Å²) < 4.78 is 13.5. The standard InChI is InChI=1S/C14H19FN2/c15-14-4-2-1-3-11(14)9-17-8-7-13(10-17)16-12-5-6-12/h1-4,12-13,16H,5-10H2. The molecule has 1 aromatic rings. The Morgan fingerprint density at radius 1 is 1.18 bits per heavy atom. The van der Waals surface area contributed by atoms with E-state index in [-0.39, 0.29) is 5.82 Å². The molecule has 2 nitrogen and oxygen atoms in total. The zero-order valence-corrected chi connectivity index (χ0v) is 10.0. The molecule has 1 aliphatic heterocycles. The number of rotatable bonds is 4. The van der Waals surface area contributed by atoms with Crippen LogP contribution in [0.5, 0.6) is 0 Å². The van der Waals surface area contributed by atoms with Crippen molar-refractivity contribution in [2.75, 3.05) is 13.1 Å². The Labute approximate surface area is 102 Å². The van der Waals surface area contributed by atoms with Crippen LogP contribution in [0.3, 0.4) is 0 Å². The molecule has 0 radical (unpaired) electrons. The van der Waals surface area contributed by atoms with Crippen molar-refractivity contribution in [1.82, 2.24) is 10.2 Å². The maximum atomic E-state index is 13.5. The van der Waals surface area contributed by atoms with Crippen molar-refractivity contribution in [1.29, 1.82) is 0 Å². The molecule has 1 aliphatic carbocycles. The molecule has 1 N–H and O–H groups in total. The first-order chi connectivity index (χ1) is 8.31. The van der Waals surface area contributed by atoms with Crippen molar-refractivity contribution in [3.8, 4) is 0 Å². The average Bonchev–Trinajstić information content (AvgIpc) is 3.02. The van der Waals surface area contributed by atoms with Gasteiger partial charge in [-0.3, -0.25) is 4.90 Å². The zero-order chi connectivity index (χ0) is 11.7. The van der Waals surface area contributed by atoms with Gasteiger partial charge in [-0.15, -0.1) is 0 Å². The van der Waals surface area contributed by atoms with Gasteiger partial charge in [0, 0.05) is 37.3 Å². The van der Waals surface area contributed by atoms with E-state index in [2.05, 4.69) is 10.2 Å². The van der Waals surface area contributed by atoms with E-state index in [9.17, 15) is 4.39 Å². The Bertz CT molecular complexity index is 390. The third kappa shape index (κ3) is 2.85. The van der Waals surface area contributed by atoms with Gasteiger partial charge in [0.1, 0.15) is 5.82 Å². The van der Waals surface area contributed by atoms with E-state index < -0.39 is 0 Å². The maximum Gasteiger partial charge on any atom is 0.127 e. The van der Waals surface area contributed by atoms with E-state index >= 15 is 0 Å². The minimum atomic E-state index is -0.0777. The molecule has 0 amide bonds. The van der Waals surface area contributed by atoms with Crippen molar-refractivity contribution in [3.05, 3.63) is 35.6 Å². The lowest BCUT2D eigenvalue weighted by molar-refractivity contribution is 0.314. The summed E-state index contributed by atoms with van der Waals surface area (Å²) in [5.74, 6) is -0.0777. The molecule has 1 heterocycles. The van der Waals surface area contributed by atoms with Crippen LogP contribution in [0.15, 0.2) is 24.3 Å². The van der Waals surface area contributed by atoms with E-state index in [0.29, 0.717) is 6.04 Å². The lowest BCUT2D eigenvalue weighted by Gasteiger charge is -2.17. The van der Waals surface area contributed by atoms with Crippen LogP contribution in [-0.4, -0.2) is 30.1 Å². The molecule has 17 heavy (non-hydrogen) atoms. The van der Waals surface area contributed by atoms with Gasteiger partial charge in [0.15, 0.2) is 0 Å². The highest BCUT2D eigenvalue weighted by Gasteiger charge is 2.29. The van der Waals surface area contributed by atoms with Gasteiger partial charge in [-0.1, -0.05) is 18.2 Å². The summed E-state index contributed by atoms with van der Waals surface area (Å²) >= 11 is 0. The van der Waals surface area contributed by atoms with Crippen LogP contribution < -0.4 is 5.32 Å². The molecule has 0 bridgehead atoms. The molecule has 3 rings (SSSR count). The van der Waals surface area contributed by atoms with Crippen molar-refractivity contribution < 1.29 is 4.39 Å². The van der Waals surface area contributed by atoms with Crippen LogP contribution in [0.2, 0.25) is 0 Å². The third-order valence-corrected chi connectivity index (χ3v) is 3.67. The Kier molecular flexibility index (Phi) is 3.12. The van der Waals surface area contributed by atoms with Crippen molar-refractivity contribution in [2.24, 2.45) is 0 Å². The van der Waals surface area contributed by atoms with Crippen LogP contribution in [0, 0.1) is 5.82 Å². The van der Waals surface area contributed by atoms with Crippen molar-refractivity contribution >= 4 is 0 Å². The number of hydrogen-bond acceptors (Lipinski definition) is 2. The number of hydrogen-bond donors (Lipinski definition) is 1. The number of nitrogens with zero attached hydrogens (tertiary/aromatic N) is 1. The fourth-order valence-electron chi connectivity index (χ4n) is 2.56. The van der Waals surface area contributed by atoms with Crippen LogP contribution in [0.4, 0.5) is 4.39 Å². The smallest absolute Gasteiger partial charge is 0.127 e. The Morgan fingerprint density at radius 2 is 2.00 bits per heavy atom. The van der Waals surface area contributed by atoms with Crippen molar-refractivity contribution in [3.63, 3.8) is 0 Å². The van der Waals surface area contributed by atoms with Gasteiger partial charge in [0.2, 0.25) is 0 Å². The molecule has 1 aromatic carbocycles. The minimum absolute atomic E-state index is 0.0777. The molecule has 92 valence electrons. The molecule has 0 spiro atoms. The fourth-order valence-corrected chi connectivity index (χ4v) is 2.56. The number of nitrogens with one attached hydrogen (secondary N) is 1. The van der Waals surface area contributed by atoms with Gasteiger partial charge in [0.25, 0.3) is 0 Å². The molecular weight excluding hydrogens is 215 g/mol. The maximum absolute atomic E-state index is 13.5. The van der Waals surface area contributed by atoms with E-state index in [0.717, 1.165) is 31.2 Å². The molecule has 2 fully saturated rings. The quantitative estimate of drug-likeness (QED) is 0.858. The van der Waals surface area contributed by atoms with E-state index in [1.165, 1.54) is 19.3 Å².